The van der Waals surface area contributed by atoms with Crippen molar-refractivity contribution in [2.45, 2.75) is 0 Å². The number of amides is 1. The molecule has 26 heavy (non-hydrogen) atoms. The number of aromatic nitrogens is 4. The molecule has 3 heterocycles. The molecule has 0 saturated carbocycles. The molecule has 6 nitrogen and oxygen atoms in total. The lowest BCUT2D eigenvalue weighted by molar-refractivity contribution is 0.102. The molecular weight excluding hydrogens is 326 g/mol. The van der Waals surface area contributed by atoms with Gasteiger partial charge in [0.1, 0.15) is 5.69 Å². The van der Waals surface area contributed by atoms with Gasteiger partial charge in [0.15, 0.2) is 0 Å². The summed E-state index contributed by atoms with van der Waals surface area (Å²) in [6.45, 7) is 0. The minimum atomic E-state index is -0.251. The number of hydrogen-bond acceptors (Lipinski definition) is 4. The van der Waals surface area contributed by atoms with Gasteiger partial charge in [0.25, 0.3) is 5.91 Å². The highest BCUT2D eigenvalue weighted by Gasteiger charge is 2.19. The van der Waals surface area contributed by atoms with Crippen LogP contribution in [0, 0.1) is 0 Å². The third-order valence-corrected chi connectivity index (χ3v) is 3.83. The highest BCUT2D eigenvalue weighted by Crippen LogP contribution is 2.24. The van der Waals surface area contributed by atoms with Crippen LogP contribution in [0.4, 0.5) is 5.69 Å². The van der Waals surface area contributed by atoms with Gasteiger partial charge in [-0.2, -0.15) is 5.10 Å². The largest absolute Gasteiger partial charge is 0.320 e. The van der Waals surface area contributed by atoms with Gasteiger partial charge in [-0.25, -0.2) is 4.68 Å². The van der Waals surface area contributed by atoms with Crippen LogP contribution >= 0.6 is 0 Å². The molecule has 4 aromatic rings. The van der Waals surface area contributed by atoms with Crippen molar-refractivity contribution in [1.29, 1.82) is 0 Å². The van der Waals surface area contributed by atoms with Crippen molar-refractivity contribution >= 4 is 11.6 Å². The second kappa shape index (κ2) is 6.98. The average molecular weight is 341 g/mol. The molecule has 0 atom stereocenters. The third-order valence-electron chi connectivity index (χ3n) is 3.83. The molecule has 4 rings (SSSR count). The van der Waals surface area contributed by atoms with E-state index in [9.17, 15) is 4.79 Å². The molecule has 0 aliphatic carbocycles. The van der Waals surface area contributed by atoms with Crippen molar-refractivity contribution in [2.75, 3.05) is 5.32 Å². The second-order valence-electron chi connectivity index (χ2n) is 5.61. The van der Waals surface area contributed by atoms with E-state index in [1.807, 2.05) is 42.5 Å². The standard InChI is InChI=1S/C20H15N5O/c26-20(23-16-7-5-11-22-13-16)18-14-25(17-8-2-1-3-9-17)24-19(18)15-6-4-10-21-12-15/h1-14H,(H,23,26). The van der Waals surface area contributed by atoms with E-state index in [1.54, 1.807) is 47.8 Å². The Balaban J connectivity index is 1.77. The zero-order chi connectivity index (χ0) is 17.8. The summed E-state index contributed by atoms with van der Waals surface area (Å²) in [7, 11) is 0. The molecule has 0 fully saturated rings. The Morgan fingerprint density at radius 3 is 2.35 bits per heavy atom. The fourth-order valence-electron chi connectivity index (χ4n) is 2.60. The lowest BCUT2D eigenvalue weighted by atomic mass is 10.1. The fraction of sp³-hybridized carbons (Fsp3) is 0. The normalized spacial score (nSPS) is 10.5. The molecule has 126 valence electrons. The van der Waals surface area contributed by atoms with Gasteiger partial charge in [-0.3, -0.25) is 14.8 Å². The first-order valence-electron chi connectivity index (χ1n) is 8.08. The van der Waals surface area contributed by atoms with Gasteiger partial charge in [-0.1, -0.05) is 18.2 Å². The second-order valence-corrected chi connectivity index (χ2v) is 5.61. The Bertz CT molecular complexity index is 1010. The summed E-state index contributed by atoms with van der Waals surface area (Å²) in [6.07, 6.45) is 8.36. The van der Waals surface area contributed by atoms with Gasteiger partial charge in [-0.15, -0.1) is 0 Å². The maximum absolute atomic E-state index is 12.8. The highest BCUT2D eigenvalue weighted by molar-refractivity contribution is 6.08. The molecule has 6 heteroatoms. The summed E-state index contributed by atoms with van der Waals surface area (Å²) in [5, 5.41) is 7.47. The first-order valence-corrected chi connectivity index (χ1v) is 8.08. The molecule has 0 aliphatic rings. The van der Waals surface area contributed by atoms with Crippen molar-refractivity contribution in [3.63, 3.8) is 0 Å². The van der Waals surface area contributed by atoms with Gasteiger partial charge in [-0.05, 0) is 36.4 Å². The van der Waals surface area contributed by atoms with Gasteiger partial charge >= 0.3 is 0 Å². The zero-order valence-electron chi connectivity index (χ0n) is 13.8. The van der Waals surface area contributed by atoms with E-state index in [2.05, 4.69) is 20.4 Å². The number of anilines is 1. The van der Waals surface area contributed by atoms with E-state index in [4.69, 9.17) is 0 Å². The van der Waals surface area contributed by atoms with Gasteiger partial charge < -0.3 is 5.32 Å². The number of para-hydroxylation sites is 1. The monoisotopic (exact) mass is 341 g/mol. The molecule has 0 unspecified atom stereocenters. The van der Waals surface area contributed by atoms with Crippen LogP contribution in [0.3, 0.4) is 0 Å². The van der Waals surface area contributed by atoms with Crippen molar-refractivity contribution < 1.29 is 4.79 Å². The van der Waals surface area contributed by atoms with Gasteiger partial charge in [0.2, 0.25) is 0 Å². The average Bonchev–Trinajstić information content (AvgIpc) is 3.16. The van der Waals surface area contributed by atoms with Crippen LogP contribution < -0.4 is 5.32 Å². The van der Waals surface area contributed by atoms with Crippen LogP contribution in [-0.2, 0) is 0 Å². The molecule has 0 aliphatic heterocycles. The zero-order valence-corrected chi connectivity index (χ0v) is 13.8. The summed E-state index contributed by atoms with van der Waals surface area (Å²) in [4.78, 5) is 21.0. The van der Waals surface area contributed by atoms with Crippen molar-refractivity contribution in [2.24, 2.45) is 0 Å². The summed E-state index contributed by atoms with van der Waals surface area (Å²) >= 11 is 0. The number of benzene rings is 1. The Hall–Kier alpha value is -3.80. The maximum Gasteiger partial charge on any atom is 0.259 e. The minimum absolute atomic E-state index is 0.251. The first kappa shape index (κ1) is 15.7. The van der Waals surface area contributed by atoms with Crippen molar-refractivity contribution in [3.05, 3.63) is 91.1 Å². The number of hydrogen-bond donors (Lipinski definition) is 1. The molecule has 1 N–H and O–H groups in total. The summed E-state index contributed by atoms with van der Waals surface area (Å²) in [5.41, 5.74) is 3.31. The molecule has 0 bridgehead atoms. The molecule has 0 spiro atoms. The van der Waals surface area contributed by atoms with Crippen molar-refractivity contribution in [3.8, 4) is 16.9 Å². The minimum Gasteiger partial charge on any atom is -0.320 e. The van der Waals surface area contributed by atoms with Crippen LogP contribution in [0.15, 0.2) is 85.6 Å². The van der Waals surface area contributed by atoms with Crippen molar-refractivity contribution in [1.82, 2.24) is 19.7 Å². The predicted molar refractivity (Wildman–Crippen MR) is 99.0 cm³/mol. The molecular formula is C20H15N5O. The molecule has 0 saturated heterocycles. The SMILES string of the molecule is O=C(Nc1cccnc1)c1cn(-c2ccccc2)nc1-c1cccnc1. The smallest absolute Gasteiger partial charge is 0.259 e. The first-order chi connectivity index (χ1) is 12.8. The third kappa shape index (κ3) is 3.21. The number of rotatable bonds is 4. The quantitative estimate of drug-likeness (QED) is 0.616. The van der Waals surface area contributed by atoms with E-state index in [-0.39, 0.29) is 5.91 Å². The van der Waals surface area contributed by atoms with E-state index in [0.717, 1.165) is 11.3 Å². The van der Waals surface area contributed by atoms with E-state index < -0.39 is 0 Å². The van der Waals surface area contributed by atoms with Crippen LogP contribution in [0.5, 0.6) is 0 Å². The van der Waals surface area contributed by atoms with Crippen LogP contribution in [0.2, 0.25) is 0 Å². The topological polar surface area (TPSA) is 72.7 Å². The molecule has 0 radical (unpaired) electrons. The number of carbonyl (C=O) groups excluding carboxylic acids is 1. The summed E-state index contributed by atoms with van der Waals surface area (Å²) < 4.78 is 1.69. The molecule has 1 aromatic carbocycles. The number of nitrogens with one attached hydrogen (secondary N) is 1. The Kier molecular flexibility index (Phi) is 4.22. The highest BCUT2D eigenvalue weighted by atomic mass is 16.1. The van der Waals surface area contributed by atoms with E-state index >= 15 is 0 Å². The Morgan fingerprint density at radius 1 is 0.885 bits per heavy atom. The lowest BCUT2D eigenvalue weighted by Gasteiger charge is -2.04. The van der Waals surface area contributed by atoms with Crippen LogP contribution in [-0.4, -0.2) is 25.7 Å². The number of carbonyl (C=O) groups is 1. The van der Waals surface area contributed by atoms with E-state index in [1.165, 1.54) is 0 Å². The Morgan fingerprint density at radius 2 is 1.65 bits per heavy atom. The number of pyridine rings is 2. The lowest BCUT2D eigenvalue weighted by Crippen LogP contribution is -2.12. The Labute approximate surface area is 150 Å². The molecule has 3 aromatic heterocycles. The maximum atomic E-state index is 12.8. The predicted octanol–water partition coefficient (Wildman–Crippen LogP) is 3.58. The van der Waals surface area contributed by atoms with Gasteiger partial charge in [0.05, 0.1) is 23.1 Å². The molecule has 1 amide bonds. The summed E-state index contributed by atoms with van der Waals surface area (Å²) in [5.74, 6) is -0.251. The fourth-order valence-corrected chi connectivity index (χ4v) is 2.60. The number of nitrogens with zero attached hydrogens (tertiary/aromatic N) is 4. The van der Waals surface area contributed by atoms with Gasteiger partial charge in [0, 0.05) is 30.4 Å². The summed E-state index contributed by atoms with van der Waals surface area (Å²) in [6, 6.07) is 16.9. The van der Waals surface area contributed by atoms with E-state index in [0.29, 0.717) is 16.9 Å². The van der Waals surface area contributed by atoms with Crippen LogP contribution in [0.1, 0.15) is 10.4 Å². The van der Waals surface area contributed by atoms with Crippen LogP contribution in [0.25, 0.3) is 16.9 Å².